The summed E-state index contributed by atoms with van der Waals surface area (Å²) in [7, 11) is 3.66. The molecule has 2 saturated heterocycles. The van der Waals surface area contributed by atoms with Gasteiger partial charge in [-0.05, 0) is 32.7 Å². The Morgan fingerprint density at radius 3 is 2.95 bits per heavy atom. The van der Waals surface area contributed by atoms with E-state index in [4.69, 9.17) is 4.74 Å². The first-order valence-corrected chi connectivity index (χ1v) is 7.74. The molecule has 2 fully saturated rings. The first kappa shape index (κ1) is 13.9. The zero-order valence-corrected chi connectivity index (χ0v) is 12.9. The van der Waals surface area contributed by atoms with E-state index in [9.17, 15) is 0 Å². The van der Waals surface area contributed by atoms with Crippen molar-refractivity contribution in [3.63, 3.8) is 0 Å². The van der Waals surface area contributed by atoms with Gasteiger partial charge in [-0.2, -0.15) is 5.10 Å². The Morgan fingerprint density at radius 1 is 1.30 bits per heavy atom. The number of piperidine rings is 1. The molecule has 1 aromatic heterocycles. The zero-order valence-electron chi connectivity index (χ0n) is 12.9. The van der Waals surface area contributed by atoms with E-state index in [-0.39, 0.29) is 0 Å². The molecular formula is C15H26N4O. The molecule has 112 valence electrons. The van der Waals surface area contributed by atoms with E-state index in [0.717, 1.165) is 24.2 Å². The van der Waals surface area contributed by atoms with Gasteiger partial charge in [-0.15, -0.1) is 0 Å². The molecule has 1 N–H and O–H groups in total. The van der Waals surface area contributed by atoms with E-state index in [2.05, 4.69) is 22.2 Å². The molecule has 0 bridgehead atoms. The van der Waals surface area contributed by atoms with Crippen molar-refractivity contribution >= 4 is 0 Å². The normalized spacial score (nSPS) is 26.8. The summed E-state index contributed by atoms with van der Waals surface area (Å²) in [5.74, 6) is 0.883. The Kier molecular flexibility index (Phi) is 3.98. The van der Waals surface area contributed by atoms with Crippen molar-refractivity contribution in [1.82, 2.24) is 20.0 Å². The van der Waals surface area contributed by atoms with Crippen molar-refractivity contribution < 1.29 is 4.74 Å². The highest BCUT2D eigenvalue weighted by molar-refractivity contribution is 5.30. The van der Waals surface area contributed by atoms with Gasteiger partial charge in [0.2, 0.25) is 5.88 Å². The molecule has 5 heteroatoms. The number of rotatable bonds is 4. The Bertz CT molecular complexity index is 471. The summed E-state index contributed by atoms with van der Waals surface area (Å²) in [6.45, 7) is 5.46. The SMILES string of the molecule is COc1c(CN[C@H]2CCN3CCCC[C@@H]23)c(C)nn1C. The highest BCUT2D eigenvalue weighted by Gasteiger charge is 2.35. The number of nitrogens with one attached hydrogen (secondary N) is 1. The van der Waals surface area contributed by atoms with E-state index in [0.29, 0.717) is 6.04 Å². The Balaban J connectivity index is 1.65. The maximum atomic E-state index is 5.47. The maximum Gasteiger partial charge on any atom is 0.216 e. The quantitative estimate of drug-likeness (QED) is 0.905. The van der Waals surface area contributed by atoms with Gasteiger partial charge in [-0.1, -0.05) is 6.42 Å². The first-order chi connectivity index (χ1) is 9.70. The third-order valence-electron chi connectivity index (χ3n) is 4.88. The summed E-state index contributed by atoms with van der Waals surface area (Å²) in [5, 5.41) is 8.20. The van der Waals surface area contributed by atoms with E-state index >= 15 is 0 Å². The lowest BCUT2D eigenvalue weighted by molar-refractivity contribution is 0.180. The molecule has 2 aliphatic rings. The fraction of sp³-hybridized carbons (Fsp3) is 0.800. The van der Waals surface area contributed by atoms with Crippen molar-refractivity contribution in [2.75, 3.05) is 20.2 Å². The van der Waals surface area contributed by atoms with Gasteiger partial charge >= 0.3 is 0 Å². The molecular weight excluding hydrogens is 252 g/mol. The smallest absolute Gasteiger partial charge is 0.216 e. The van der Waals surface area contributed by atoms with Crippen LogP contribution < -0.4 is 10.1 Å². The average Bonchev–Trinajstić information content (AvgIpc) is 2.97. The molecule has 0 saturated carbocycles. The minimum atomic E-state index is 0.625. The molecule has 3 rings (SSSR count). The van der Waals surface area contributed by atoms with E-state index in [1.54, 1.807) is 7.11 Å². The van der Waals surface area contributed by atoms with Gasteiger partial charge in [0.1, 0.15) is 0 Å². The second-order valence-corrected chi connectivity index (χ2v) is 6.07. The Hall–Kier alpha value is -1.07. The minimum absolute atomic E-state index is 0.625. The largest absolute Gasteiger partial charge is 0.481 e. The molecule has 0 amide bonds. The molecule has 0 spiro atoms. The molecule has 5 nitrogen and oxygen atoms in total. The summed E-state index contributed by atoms with van der Waals surface area (Å²) in [4.78, 5) is 2.66. The van der Waals surface area contributed by atoms with Crippen LogP contribution in [0.25, 0.3) is 0 Å². The van der Waals surface area contributed by atoms with Crippen LogP contribution in [0.3, 0.4) is 0 Å². The number of fused-ring (bicyclic) bond motifs is 1. The molecule has 2 atom stereocenters. The van der Waals surface area contributed by atoms with E-state index in [1.165, 1.54) is 44.3 Å². The van der Waals surface area contributed by atoms with Crippen LogP contribution in [-0.2, 0) is 13.6 Å². The first-order valence-electron chi connectivity index (χ1n) is 7.74. The summed E-state index contributed by atoms with van der Waals surface area (Å²) in [6.07, 6.45) is 5.38. The van der Waals surface area contributed by atoms with Gasteiger partial charge in [-0.25, -0.2) is 4.68 Å². The number of ether oxygens (including phenoxy) is 1. The molecule has 0 aliphatic carbocycles. The summed E-state index contributed by atoms with van der Waals surface area (Å²) < 4.78 is 7.30. The van der Waals surface area contributed by atoms with Crippen LogP contribution in [0, 0.1) is 6.92 Å². The molecule has 2 aliphatic heterocycles. The topological polar surface area (TPSA) is 42.3 Å². The van der Waals surface area contributed by atoms with Crippen molar-refractivity contribution in [2.24, 2.45) is 7.05 Å². The molecule has 1 aromatic rings. The number of nitrogens with zero attached hydrogens (tertiary/aromatic N) is 3. The average molecular weight is 278 g/mol. The summed E-state index contributed by atoms with van der Waals surface area (Å²) >= 11 is 0. The summed E-state index contributed by atoms with van der Waals surface area (Å²) in [5.41, 5.74) is 2.26. The molecule has 20 heavy (non-hydrogen) atoms. The number of aromatic nitrogens is 2. The van der Waals surface area contributed by atoms with Crippen LogP contribution in [0.15, 0.2) is 0 Å². The second-order valence-electron chi connectivity index (χ2n) is 6.07. The highest BCUT2D eigenvalue weighted by Crippen LogP contribution is 2.28. The van der Waals surface area contributed by atoms with Crippen LogP contribution in [0.2, 0.25) is 0 Å². The predicted octanol–water partition coefficient (Wildman–Crippen LogP) is 1.45. The molecule has 3 heterocycles. The highest BCUT2D eigenvalue weighted by atomic mass is 16.5. The number of aryl methyl sites for hydroxylation is 2. The van der Waals surface area contributed by atoms with Crippen molar-refractivity contribution in [1.29, 1.82) is 0 Å². The second kappa shape index (κ2) is 5.74. The molecule has 0 radical (unpaired) electrons. The van der Waals surface area contributed by atoms with Crippen LogP contribution in [-0.4, -0.2) is 47.0 Å². The maximum absolute atomic E-state index is 5.47. The lowest BCUT2D eigenvalue weighted by atomic mass is 9.99. The fourth-order valence-corrected chi connectivity index (χ4v) is 3.86. The van der Waals surface area contributed by atoms with Crippen molar-refractivity contribution in [3.05, 3.63) is 11.3 Å². The Morgan fingerprint density at radius 2 is 2.15 bits per heavy atom. The van der Waals surface area contributed by atoms with Gasteiger partial charge in [0.25, 0.3) is 0 Å². The van der Waals surface area contributed by atoms with E-state index in [1.807, 2.05) is 11.7 Å². The van der Waals surface area contributed by atoms with Gasteiger partial charge in [-0.3, -0.25) is 4.90 Å². The summed E-state index contributed by atoms with van der Waals surface area (Å²) in [6, 6.07) is 1.37. The van der Waals surface area contributed by atoms with Crippen LogP contribution >= 0.6 is 0 Å². The van der Waals surface area contributed by atoms with Crippen LogP contribution in [0.5, 0.6) is 5.88 Å². The number of hydrogen-bond acceptors (Lipinski definition) is 4. The molecule has 0 unspecified atom stereocenters. The zero-order chi connectivity index (χ0) is 14.1. The third-order valence-corrected chi connectivity index (χ3v) is 4.88. The van der Waals surface area contributed by atoms with Crippen molar-refractivity contribution in [3.8, 4) is 5.88 Å². The van der Waals surface area contributed by atoms with Crippen molar-refractivity contribution in [2.45, 2.75) is 51.2 Å². The lowest BCUT2D eigenvalue weighted by Gasteiger charge is -2.32. The number of hydrogen-bond donors (Lipinski definition) is 1. The van der Waals surface area contributed by atoms with Gasteiger partial charge in [0, 0.05) is 32.2 Å². The third kappa shape index (κ3) is 2.44. The van der Waals surface area contributed by atoms with Crippen LogP contribution in [0.4, 0.5) is 0 Å². The van der Waals surface area contributed by atoms with Gasteiger partial charge in [0.15, 0.2) is 0 Å². The van der Waals surface area contributed by atoms with Gasteiger partial charge in [0.05, 0.1) is 18.4 Å². The minimum Gasteiger partial charge on any atom is -0.481 e. The lowest BCUT2D eigenvalue weighted by Crippen LogP contribution is -2.44. The fourth-order valence-electron chi connectivity index (χ4n) is 3.86. The standard InChI is InChI=1S/C15H26N4O/c1-11-12(15(20-3)18(2)17-11)10-16-13-7-9-19-8-5-4-6-14(13)19/h13-14,16H,4-10H2,1-3H3/t13-,14-/m0/s1. The Labute approximate surface area is 121 Å². The van der Waals surface area contributed by atoms with Gasteiger partial charge < -0.3 is 10.1 Å². The monoisotopic (exact) mass is 278 g/mol. The number of methoxy groups -OCH3 is 1. The molecule has 0 aromatic carbocycles. The van der Waals surface area contributed by atoms with Crippen LogP contribution in [0.1, 0.15) is 36.9 Å². The predicted molar refractivity (Wildman–Crippen MR) is 79.0 cm³/mol. The van der Waals surface area contributed by atoms with E-state index < -0.39 is 0 Å².